The summed E-state index contributed by atoms with van der Waals surface area (Å²) in [5.74, 6) is -3.30. The van der Waals surface area contributed by atoms with Crippen molar-refractivity contribution in [3.63, 3.8) is 0 Å². The molecule has 0 saturated heterocycles. The first-order valence-corrected chi connectivity index (χ1v) is 14.3. The zero-order chi connectivity index (χ0) is 22.3. The standard InChI is InChI=1S/C29H27ClNP/c30-32(27-13-4-1-5-14-27,28-15-6-2-7-16-28,29-17-8-3-9-18-29)24-26-21-19-25(20-22-26)12-10-11-23-31/h1-9,13-22H,10-12,24H2. The van der Waals surface area contributed by atoms with E-state index in [0.29, 0.717) is 6.42 Å². The van der Waals surface area contributed by atoms with Crippen LogP contribution in [-0.2, 0) is 12.6 Å². The van der Waals surface area contributed by atoms with Crippen LogP contribution in [0.5, 0.6) is 0 Å². The predicted molar refractivity (Wildman–Crippen MR) is 140 cm³/mol. The van der Waals surface area contributed by atoms with Gasteiger partial charge in [0.25, 0.3) is 0 Å². The number of nitrogens with zero attached hydrogens (tertiary/aromatic N) is 1. The molecule has 0 aromatic heterocycles. The third-order valence-corrected chi connectivity index (χ3v) is 13.3. The number of unbranched alkanes of at least 4 members (excludes halogenated alkanes) is 1. The van der Waals surface area contributed by atoms with Crippen LogP contribution in [0.3, 0.4) is 0 Å². The van der Waals surface area contributed by atoms with Gasteiger partial charge < -0.3 is 0 Å². The zero-order valence-corrected chi connectivity index (χ0v) is 19.7. The van der Waals surface area contributed by atoms with Gasteiger partial charge in [0.05, 0.1) is 0 Å². The topological polar surface area (TPSA) is 23.8 Å². The van der Waals surface area contributed by atoms with Gasteiger partial charge in [-0.25, -0.2) is 0 Å². The van der Waals surface area contributed by atoms with Gasteiger partial charge in [-0.2, -0.15) is 0 Å². The molecule has 0 unspecified atom stereocenters. The number of hydrogen-bond donors (Lipinski definition) is 0. The number of halogens is 1. The number of hydrogen-bond acceptors (Lipinski definition) is 1. The van der Waals surface area contributed by atoms with Crippen LogP contribution in [-0.4, -0.2) is 0 Å². The molecule has 0 fully saturated rings. The molecule has 0 aliphatic rings. The van der Waals surface area contributed by atoms with Gasteiger partial charge >= 0.3 is 196 Å². The van der Waals surface area contributed by atoms with E-state index < -0.39 is 5.96 Å². The van der Waals surface area contributed by atoms with Gasteiger partial charge in [-0.05, 0) is 0 Å². The molecule has 0 bridgehead atoms. The molecular formula is C29H27ClNP. The van der Waals surface area contributed by atoms with Gasteiger partial charge in [0.15, 0.2) is 0 Å². The molecule has 0 amide bonds. The van der Waals surface area contributed by atoms with Crippen LogP contribution >= 0.6 is 17.2 Å². The summed E-state index contributed by atoms with van der Waals surface area (Å²) in [5.41, 5.74) is 2.48. The molecule has 0 aliphatic heterocycles. The van der Waals surface area contributed by atoms with Crippen LogP contribution in [0.4, 0.5) is 0 Å². The Hall–Kier alpha value is -2.91. The van der Waals surface area contributed by atoms with Crippen molar-refractivity contribution in [1.29, 1.82) is 5.26 Å². The van der Waals surface area contributed by atoms with Crippen LogP contribution in [0.2, 0.25) is 0 Å². The van der Waals surface area contributed by atoms with E-state index in [1.165, 1.54) is 27.0 Å². The maximum absolute atomic E-state index is 8.81. The molecule has 3 heteroatoms. The first-order valence-electron chi connectivity index (χ1n) is 11.0. The Morgan fingerprint density at radius 1 is 0.594 bits per heavy atom. The Kier molecular flexibility index (Phi) is 6.76. The number of rotatable bonds is 8. The second kappa shape index (κ2) is 9.70. The van der Waals surface area contributed by atoms with Crippen molar-refractivity contribution in [1.82, 2.24) is 0 Å². The van der Waals surface area contributed by atoms with Crippen molar-refractivity contribution in [3.8, 4) is 6.07 Å². The number of aryl methyl sites for hydroxylation is 1. The Bertz CT molecular complexity index is 1080. The maximum atomic E-state index is 8.81. The molecule has 4 rings (SSSR count). The molecule has 4 aromatic carbocycles. The molecule has 0 heterocycles. The van der Waals surface area contributed by atoms with E-state index in [9.17, 15) is 0 Å². The normalized spacial score (nSPS) is 12.4. The quantitative estimate of drug-likeness (QED) is 0.214. The third-order valence-electron chi connectivity index (χ3n) is 6.14. The summed E-state index contributed by atoms with van der Waals surface area (Å²) in [4.78, 5) is 0. The molecule has 0 atom stereocenters. The van der Waals surface area contributed by atoms with E-state index in [1.54, 1.807) is 0 Å². The second-order valence-corrected chi connectivity index (χ2v) is 14.6. The van der Waals surface area contributed by atoms with Crippen LogP contribution < -0.4 is 15.9 Å². The van der Waals surface area contributed by atoms with Crippen LogP contribution in [0.25, 0.3) is 0 Å². The van der Waals surface area contributed by atoms with Gasteiger partial charge in [0.2, 0.25) is 0 Å². The van der Waals surface area contributed by atoms with Gasteiger partial charge in [0.1, 0.15) is 0 Å². The third kappa shape index (κ3) is 4.22. The van der Waals surface area contributed by atoms with E-state index in [2.05, 4.69) is 103 Å². The monoisotopic (exact) mass is 455 g/mol. The van der Waals surface area contributed by atoms with Crippen molar-refractivity contribution in [2.24, 2.45) is 0 Å². The van der Waals surface area contributed by atoms with E-state index in [-0.39, 0.29) is 0 Å². The van der Waals surface area contributed by atoms with Crippen LogP contribution in [0.1, 0.15) is 24.0 Å². The Labute approximate surface area is 196 Å². The first-order chi connectivity index (χ1) is 15.6. The van der Waals surface area contributed by atoms with E-state index in [1.807, 2.05) is 18.2 Å². The molecule has 160 valence electrons. The average Bonchev–Trinajstić information content (AvgIpc) is 2.87. The van der Waals surface area contributed by atoms with Gasteiger partial charge in [-0.1, -0.05) is 0 Å². The Morgan fingerprint density at radius 3 is 1.41 bits per heavy atom. The summed E-state index contributed by atoms with van der Waals surface area (Å²) in [7, 11) is 0. The summed E-state index contributed by atoms with van der Waals surface area (Å²) < 4.78 is 0. The average molecular weight is 456 g/mol. The summed E-state index contributed by atoms with van der Waals surface area (Å²) in [5, 5.41) is 12.3. The van der Waals surface area contributed by atoms with Crippen molar-refractivity contribution < 1.29 is 0 Å². The van der Waals surface area contributed by atoms with Crippen molar-refractivity contribution in [2.75, 3.05) is 0 Å². The van der Waals surface area contributed by atoms with Crippen molar-refractivity contribution in [2.45, 2.75) is 25.4 Å². The summed E-state index contributed by atoms with van der Waals surface area (Å²) in [6.07, 6.45) is 3.15. The molecule has 0 aliphatic carbocycles. The molecule has 0 N–H and O–H groups in total. The minimum absolute atomic E-state index is 0.593. The van der Waals surface area contributed by atoms with Gasteiger partial charge in [-0.3, -0.25) is 0 Å². The molecule has 0 radical (unpaired) electrons. The fraction of sp³-hybridized carbons (Fsp3) is 0.138. The fourth-order valence-corrected chi connectivity index (χ4v) is 10.6. The predicted octanol–water partition coefficient (Wildman–Crippen LogP) is 6.72. The summed E-state index contributed by atoms with van der Waals surface area (Å²) in [6, 6.07) is 42.8. The van der Waals surface area contributed by atoms with Crippen LogP contribution in [0.15, 0.2) is 115 Å². The number of nitriles is 1. The molecule has 4 aromatic rings. The van der Waals surface area contributed by atoms with Gasteiger partial charge in [-0.15, -0.1) is 0 Å². The van der Waals surface area contributed by atoms with Gasteiger partial charge in [0, 0.05) is 0 Å². The first kappa shape index (κ1) is 22.3. The van der Waals surface area contributed by atoms with E-state index in [0.717, 1.165) is 19.0 Å². The van der Waals surface area contributed by atoms with E-state index in [4.69, 9.17) is 16.5 Å². The van der Waals surface area contributed by atoms with Crippen molar-refractivity contribution >= 4 is 33.1 Å². The Morgan fingerprint density at radius 2 is 1.00 bits per heavy atom. The zero-order valence-electron chi connectivity index (χ0n) is 18.1. The summed E-state index contributed by atoms with van der Waals surface area (Å²) in [6.45, 7) is 0. The molecule has 0 spiro atoms. The minimum atomic E-state index is -3.30. The Balaban J connectivity index is 1.88. The van der Waals surface area contributed by atoms with E-state index >= 15 is 0 Å². The summed E-state index contributed by atoms with van der Waals surface area (Å²) >= 11 is 8.15. The number of benzene rings is 4. The molecule has 1 nitrogen and oxygen atoms in total. The second-order valence-electron chi connectivity index (χ2n) is 8.18. The molecule has 0 saturated carbocycles. The molecule has 32 heavy (non-hydrogen) atoms. The SMILES string of the molecule is N#CCCCc1ccc(CP(Cl)(c2ccccc2)(c2ccccc2)c2ccccc2)cc1. The van der Waals surface area contributed by atoms with Crippen LogP contribution in [0, 0.1) is 11.3 Å². The molecular weight excluding hydrogens is 429 g/mol. The fourth-order valence-electron chi connectivity index (χ4n) is 4.46. The van der Waals surface area contributed by atoms with Crippen molar-refractivity contribution in [3.05, 3.63) is 126 Å².